The Balaban J connectivity index is 1.50. The lowest BCUT2D eigenvalue weighted by molar-refractivity contribution is -0.122. The van der Waals surface area contributed by atoms with Crippen LogP contribution in [0, 0.1) is 0 Å². The maximum atomic E-state index is 12.4. The molecule has 27 heavy (non-hydrogen) atoms. The van der Waals surface area contributed by atoms with Crippen LogP contribution in [0.5, 0.6) is 11.5 Å². The van der Waals surface area contributed by atoms with Crippen molar-refractivity contribution in [3.63, 3.8) is 0 Å². The summed E-state index contributed by atoms with van der Waals surface area (Å²) in [5, 5.41) is 3.42. The topological polar surface area (TPSA) is 56.8 Å². The zero-order valence-electron chi connectivity index (χ0n) is 14.9. The van der Waals surface area contributed by atoms with Crippen LogP contribution < -0.4 is 14.8 Å². The number of carbonyl (C=O) groups excluding carboxylic acids is 1. The molecular formula is C20H21BrClNO4. The standard InChI is InChI=1S/C20H21BrClNO4/c1-13(27-19-9-4-14(22)11-18(19)21)20(24)23-15-5-7-16(8-6-15)26-12-17-3-2-10-25-17/h4-9,11,13,17H,2-3,10,12H2,1H3,(H,23,24)/t13-,17-/m0/s1. The third kappa shape index (κ3) is 5.86. The van der Waals surface area contributed by atoms with Crippen molar-refractivity contribution in [2.75, 3.05) is 18.5 Å². The maximum absolute atomic E-state index is 12.4. The van der Waals surface area contributed by atoms with Crippen molar-refractivity contribution in [1.29, 1.82) is 0 Å². The van der Waals surface area contributed by atoms with Gasteiger partial charge in [0, 0.05) is 17.3 Å². The summed E-state index contributed by atoms with van der Waals surface area (Å²) in [6.45, 7) is 3.05. The number of benzene rings is 2. The Morgan fingerprint density at radius 2 is 2.11 bits per heavy atom. The summed E-state index contributed by atoms with van der Waals surface area (Å²) in [6, 6.07) is 12.4. The second kappa shape index (κ2) is 9.44. The van der Waals surface area contributed by atoms with E-state index in [0.29, 0.717) is 27.5 Å². The molecule has 0 spiro atoms. The van der Waals surface area contributed by atoms with E-state index >= 15 is 0 Å². The molecule has 0 radical (unpaired) electrons. The van der Waals surface area contributed by atoms with Crippen LogP contribution in [-0.2, 0) is 9.53 Å². The van der Waals surface area contributed by atoms with Gasteiger partial charge in [-0.1, -0.05) is 11.6 Å². The Hall–Kier alpha value is -1.76. The molecule has 2 atom stereocenters. The fraction of sp³-hybridized carbons (Fsp3) is 0.350. The predicted octanol–water partition coefficient (Wildman–Crippen LogP) is 5.07. The number of ether oxygens (including phenoxy) is 3. The molecule has 0 saturated carbocycles. The van der Waals surface area contributed by atoms with Crippen LogP contribution in [0.3, 0.4) is 0 Å². The largest absolute Gasteiger partial charge is 0.491 e. The molecule has 1 fully saturated rings. The summed E-state index contributed by atoms with van der Waals surface area (Å²) in [4.78, 5) is 12.4. The average molecular weight is 455 g/mol. The molecular weight excluding hydrogens is 434 g/mol. The average Bonchev–Trinajstić information content (AvgIpc) is 3.17. The predicted molar refractivity (Wildman–Crippen MR) is 109 cm³/mol. The van der Waals surface area contributed by atoms with Gasteiger partial charge in [0.05, 0.1) is 10.6 Å². The maximum Gasteiger partial charge on any atom is 0.265 e. The number of anilines is 1. The molecule has 1 N–H and O–H groups in total. The molecule has 1 aliphatic rings. The van der Waals surface area contributed by atoms with E-state index in [0.717, 1.165) is 25.2 Å². The molecule has 5 nitrogen and oxygen atoms in total. The minimum absolute atomic E-state index is 0.176. The van der Waals surface area contributed by atoms with Crippen molar-refractivity contribution in [2.45, 2.75) is 32.0 Å². The van der Waals surface area contributed by atoms with Gasteiger partial charge in [-0.15, -0.1) is 0 Å². The Labute approximate surface area is 172 Å². The molecule has 1 amide bonds. The van der Waals surface area contributed by atoms with Crippen LogP contribution in [0.1, 0.15) is 19.8 Å². The van der Waals surface area contributed by atoms with Crippen LogP contribution in [-0.4, -0.2) is 31.3 Å². The minimum atomic E-state index is -0.669. The molecule has 1 aliphatic heterocycles. The van der Waals surface area contributed by atoms with Gasteiger partial charge in [-0.05, 0) is 78.2 Å². The van der Waals surface area contributed by atoms with E-state index in [1.165, 1.54) is 0 Å². The molecule has 0 unspecified atom stereocenters. The highest BCUT2D eigenvalue weighted by Crippen LogP contribution is 2.29. The van der Waals surface area contributed by atoms with Crippen LogP contribution in [0.2, 0.25) is 5.02 Å². The number of nitrogens with one attached hydrogen (secondary N) is 1. The zero-order chi connectivity index (χ0) is 19.2. The van der Waals surface area contributed by atoms with E-state index in [-0.39, 0.29) is 12.0 Å². The Bertz CT molecular complexity index is 778. The highest BCUT2D eigenvalue weighted by molar-refractivity contribution is 9.10. The van der Waals surface area contributed by atoms with Crippen molar-refractivity contribution in [1.82, 2.24) is 0 Å². The first kappa shape index (κ1) is 20.0. The zero-order valence-corrected chi connectivity index (χ0v) is 17.3. The fourth-order valence-electron chi connectivity index (χ4n) is 2.66. The summed E-state index contributed by atoms with van der Waals surface area (Å²) in [7, 11) is 0. The van der Waals surface area contributed by atoms with Gasteiger partial charge >= 0.3 is 0 Å². The molecule has 2 aromatic carbocycles. The second-order valence-electron chi connectivity index (χ2n) is 6.29. The summed E-state index contributed by atoms with van der Waals surface area (Å²) < 4.78 is 17.6. The van der Waals surface area contributed by atoms with Crippen molar-refractivity contribution in [3.8, 4) is 11.5 Å². The van der Waals surface area contributed by atoms with E-state index in [1.54, 1.807) is 37.3 Å². The van der Waals surface area contributed by atoms with Gasteiger partial charge in [0.25, 0.3) is 5.91 Å². The third-order valence-corrected chi connectivity index (χ3v) is 5.00. The van der Waals surface area contributed by atoms with E-state index in [9.17, 15) is 4.79 Å². The van der Waals surface area contributed by atoms with E-state index < -0.39 is 6.10 Å². The molecule has 7 heteroatoms. The Kier molecular flexibility index (Phi) is 6.99. The van der Waals surface area contributed by atoms with Gasteiger partial charge in [-0.25, -0.2) is 0 Å². The van der Waals surface area contributed by atoms with Crippen molar-refractivity contribution in [3.05, 3.63) is 52.0 Å². The lowest BCUT2D eigenvalue weighted by Gasteiger charge is -2.16. The van der Waals surface area contributed by atoms with Crippen molar-refractivity contribution < 1.29 is 19.0 Å². The highest BCUT2D eigenvalue weighted by atomic mass is 79.9. The number of carbonyl (C=O) groups is 1. The molecule has 3 rings (SSSR count). The smallest absolute Gasteiger partial charge is 0.265 e. The molecule has 144 valence electrons. The van der Waals surface area contributed by atoms with Gasteiger partial charge in [0.2, 0.25) is 0 Å². The van der Waals surface area contributed by atoms with Gasteiger partial charge < -0.3 is 19.5 Å². The summed E-state index contributed by atoms with van der Waals surface area (Å²) in [5.41, 5.74) is 0.676. The fourth-order valence-corrected chi connectivity index (χ4v) is 3.43. The summed E-state index contributed by atoms with van der Waals surface area (Å²) in [6.07, 6.45) is 1.63. The number of hydrogen-bond acceptors (Lipinski definition) is 4. The first-order valence-electron chi connectivity index (χ1n) is 8.78. The minimum Gasteiger partial charge on any atom is -0.491 e. The molecule has 0 aromatic heterocycles. The molecule has 1 heterocycles. The van der Waals surface area contributed by atoms with Gasteiger partial charge in [0.1, 0.15) is 18.1 Å². The van der Waals surface area contributed by atoms with Crippen molar-refractivity contribution in [2.24, 2.45) is 0 Å². The van der Waals surface area contributed by atoms with Gasteiger partial charge in [-0.2, -0.15) is 0 Å². The van der Waals surface area contributed by atoms with Gasteiger partial charge in [-0.3, -0.25) is 4.79 Å². The lowest BCUT2D eigenvalue weighted by atomic mass is 10.2. The van der Waals surface area contributed by atoms with Crippen molar-refractivity contribution >= 4 is 39.1 Å². The lowest BCUT2D eigenvalue weighted by Crippen LogP contribution is -2.30. The molecule has 0 aliphatic carbocycles. The monoisotopic (exact) mass is 453 g/mol. The van der Waals surface area contributed by atoms with E-state index in [2.05, 4.69) is 21.2 Å². The second-order valence-corrected chi connectivity index (χ2v) is 7.59. The quantitative estimate of drug-likeness (QED) is 0.635. The number of amides is 1. The first-order chi connectivity index (χ1) is 13.0. The van der Waals surface area contributed by atoms with Crippen LogP contribution in [0.25, 0.3) is 0 Å². The van der Waals surface area contributed by atoms with Gasteiger partial charge in [0.15, 0.2) is 6.10 Å². The number of rotatable bonds is 7. The molecule has 2 aromatic rings. The number of hydrogen-bond donors (Lipinski definition) is 1. The third-order valence-electron chi connectivity index (χ3n) is 4.15. The van der Waals surface area contributed by atoms with E-state index in [1.807, 2.05) is 12.1 Å². The summed E-state index contributed by atoms with van der Waals surface area (Å²) >= 11 is 9.29. The highest BCUT2D eigenvalue weighted by Gasteiger charge is 2.17. The normalized spacial score (nSPS) is 17.4. The van der Waals surface area contributed by atoms with Crippen LogP contribution >= 0.6 is 27.5 Å². The molecule has 1 saturated heterocycles. The molecule has 0 bridgehead atoms. The number of halogens is 2. The summed E-state index contributed by atoms with van der Waals surface area (Å²) in [5.74, 6) is 1.06. The SMILES string of the molecule is C[C@H](Oc1ccc(Cl)cc1Br)C(=O)Nc1ccc(OC[C@@H]2CCCO2)cc1. The van der Waals surface area contributed by atoms with Crippen LogP contribution in [0.4, 0.5) is 5.69 Å². The van der Waals surface area contributed by atoms with E-state index in [4.69, 9.17) is 25.8 Å². The Morgan fingerprint density at radius 3 is 2.78 bits per heavy atom. The Morgan fingerprint density at radius 1 is 1.33 bits per heavy atom. The van der Waals surface area contributed by atoms with Crippen LogP contribution in [0.15, 0.2) is 46.9 Å². The first-order valence-corrected chi connectivity index (χ1v) is 9.95.